The highest BCUT2D eigenvalue weighted by Crippen LogP contribution is 2.21. The minimum atomic E-state index is -0.138. The summed E-state index contributed by atoms with van der Waals surface area (Å²) in [6, 6.07) is 13.0. The van der Waals surface area contributed by atoms with Crippen LogP contribution in [0.1, 0.15) is 22.8 Å². The Bertz CT molecular complexity index is 608. The minimum Gasteiger partial charge on any atom is -0.494 e. The van der Waals surface area contributed by atoms with E-state index in [2.05, 4.69) is 21.2 Å². The van der Waals surface area contributed by atoms with Crippen molar-refractivity contribution in [3.63, 3.8) is 0 Å². The summed E-state index contributed by atoms with van der Waals surface area (Å²) in [6.07, 6.45) is 0. The summed E-state index contributed by atoms with van der Waals surface area (Å²) in [5, 5.41) is 2.86. The first kappa shape index (κ1) is 14.6. The average molecular weight is 334 g/mol. The highest BCUT2D eigenvalue weighted by Gasteiger charge is 2.10. The Hall–Kier alpha value is -1.81. The van der Waals surface area contributed by atoms with E-state index in [0.29, 0.717) is 12.2 Å². The molecule has 2 rings (SSSR count). The van der Waals surface area contributed by atoms with Crippen molar-refractivity contribution in [2.75, 3.05) is 11.9 Å². The van der Waals surface area contributed by atoms with Crippen LogP contribution in [-0.2, 0) is 0 Å². The molecule has 4 heteroatoms. The van der Waals surface area contributed by atoms with Gasteiger partial charge in [-0.1, -0.05) is 6.07 Å². The quantitative estimate of drug-likeness (QED) is 0.899. The second kappa shape index (κ2) is 6.57. The van der Waals surface area contributed by atoms with Gasteiger partial charge >= 0.3 is 0 Å². The number of aryl methyl sites for hydroxylation is 1. The van der Waals surface area contributed by atoms with Gasteiger partial charge in [-0.2, -0.15) is 0 Å². The molecule has 0 unspecified atom stereocenters. The predicted molar refractivity (Wildman–Crippen MR) is 84.4 cm³/mol. The van der Waals surface area contributed by atoms with Crippen molar-refractivity contribution in [2.24, 2.45) is 0 Å². The van der Waals surface area contributed by atoms with Gasteiger partial charge < -0.3 is 10.1 Å². The lowest BCUT2D eigenvalue weighted by atomic mass is 10.1. The zero-order valence-electron chi connectivity index (χ0n) is 11.4. The van der Waals surface area contributed by atoms with Crippen LogP contribution in [0.25, 0.3) is 0 Å². The van der Waals surface area contributed by atoms with Gasteiger partial charge in [0, 0.05) is 10.2 Å². The van der Waals surface area contributed by atoms with E-state index in [-0.39, 0.29) is 5.91 Å². The third-order valence-corrected chi connectivity index (χ3v) is 3.45. The summed E-state index contributed by atoms with van der Waals surface area (Å²) in [5.41, 5.74) is 2.46. The zero-order chi connectivity index (χ0) is 14.5. The van der Waals surface area contributed by atoms with Gasteiger partial charge in [0.2, 0.25) is 0 Å². The van der Waals surface area contributed by atoms with Crippen molar-refractivity contribution in [1.82, 2.24) is 0 Å². The summed E-state index contributed by atoms with van der Waals surface area (Å²) < 4.78 is 6.16. The predicted octanol–water partition coefficient (Wildman–Crippen LogP) is 4.41. The van der Waals surface area contributed by atoms with Gasteiger partial charge in [0.05, 0.1) is 12.2 Å². The Kier molecular flexibility index (Phi) is 4.79. The molecule has 3 nitrogen and oxygen atoms in total. The van der Waals surface area contributed by atoms with Crippen molar-refractivity contribution < 1.29 is 9.53 Å². The number of hydrogen-bond donors (Lipinski definition) is 1. The summed E-state index contributed by atoms with van der Waals surface area (Å²) in [4.78, 5) is 12.2. The third-order valence-electron chi connectivity index (χ3n) is 2.79. The molecule has 2 aromatic rings. The molecule has 0 saturated heterocycles. The summed E-state index contributed by atoms with van der Waals surface area (Å²) in [7, 11) is 0. The van der Waals surface area contributed by atoms with E-state index >= 15 is 0 Å². The largest absolute Gasteiger partial charge is 0.494 e. The van der Waals surface area contributed by atoms with Gasteiger partial charge in [-0.25, -0.2) is 0 Å². The molecule has 0 bridgehead atoms. The van der Waals surface area contributed by atoms with E-state index in [9.17, 15) is 4.79 Å². The molecule has 0 aliphatic rings. The number of hydrogen-bond acceptors (Lipinski definition) is 2. The second-order valence-electron chi connectivity index (χ2n) is 4.39. The Morgan fingerprint density at radius 3 is 2.50 bits per heavy atom. The summed E-state index contributed by atoms with van der Waals surface area (Å²) in [6.45, 7) is 4.55. The summed E-state index contributed by atoms with van der Waals surface area (Å²) >= 11 is 3.41. The van der Waals surface area contributed by atoms with Crippen LogP contribution in [0.4, 0.5) is 5.69 Å². The molecule has 2 aromatic carbocycles. The van der Waals surface area contributed by atoms with E-state index in [0.717, 1.165) is 21.5 Å². The molecule has 0 aromatic heterocycles. The monoisotopic (exact) mass is 333 g/mol. The molecule has 0 aliphatic heterocycles. The molecular formula is C16H16BrNO2. The van der Waals surface area contributed by atoms with Crippen LogP contribution in [0.2, 0.25) is 0 Å². The normalized spacial score (nSPS) is 10.2. The Balaban J connectivity index is 2.11. The molecule has 0 radical (unpaired) electrons. The number of rotatable bonds is 4. The molecule has 1 amide bonds. The molecule has 0 atom stereocenters. The molecule has 0 fully saturated rings. The van der Waals surface area contributed by atoms with E-state index in [1.54, 1.807) is 0 Å². The van der Waals surface area contributed by atoms with Crippen molar-refractivity contribution in [3.05, 3.63) is 58.1 Å². The number of carbonyl (C=O) groups excluding carboxylic acids is 1. The lowest BCUT2D eigenvalue weighted by molar-refractivity contribution is 0.102. The molecular weight excluding hydrogens is 318 g/mol. The number of nitrogens with one attached hydrogen (secondary N) is 1. The lowest BCUT2D eigenvalue weighted by Crippen LogP contribution is -2.12. The van der Waals surface area contributed by atoms with Gasteiger partial charge in [-0.3, -0.25) is 4.79 Å². The van der Waals surface area contributed by atoms with E-state index in [4.69, 9.17) is 4.74 Å². The molecule has 0 aliphatic carbocycles. The number of benzene rings is 2. The first-order valence-electron chi connectivity index (χ1n) is 6.40. The van der Waals surface area contributed by atoms with Crippen LogP contribution in [0.3, 0.4) is 0 Å². The van der Waals surface area contributed by atoms with Gasteiger partial charge in [-0.05, 0) is 71.7 Å². The number of carbonyl (C=O) groups is 1. The molecule has 0 spiro atoms. The molecule has 0 saturated carbocycles. The average Bonchev–Trinajstić information content (AvgIpc) is 2.41. The van der Waals surface area contributed by atoms with Gasteiger partial charge in [0.15, 0.2) is 0 Å². The standard InChI is InChI=1S/C16H16BrNO2/c1-3-20-13-7-5-12(6-8-13)18-16(19)14-9-4-11(2)10-15(14)17/h4-10H,3H2,1-2H3,(H,18,19). The SMILES string of the molecule is CCOc1ccc(NC(=O)c2ccc(C)cc2Br)cc1. The van der Waals surface area contributed by atoms with Crippen molar-refractivity contribution >= 4 is 27.5 Å². The van der Waals surface area contributed by atoms with Gasteiger partial charge in [-0.15, -0.1) is 0 Å². The van der Waals surface area contributed by atoms with Crippen molar-refractivity contribution in [1.29, 1.82) is 0 Å². The fraction of sp³-hybridized carbons (Fsp3) is 0.188. The number of halogens is 1. The van der Waals surface area contributed by atoms with Crippen LogP contribution >= 0.6 is 15.9 Å². The molecule has 1 N–H and O–H groups in total. The van der Waals surface area contributed by atoms with Crippen LogP contribution < -0.4 is 10.1 Å². The van der Waals surface area contributed by atoms with Crippen molar-refractivity contribution in [2.45, 2.75) is 13.8 Å². The van der Waals surface area contributed by atoms with Crippen LogP contribution in [0.5, 0.6) is 5.75 Å². The van der Waals surface area contributed by atoms with Crippen LogP contribution in [0.15, 0.2) is 46.9 Å². The molecule has 20 heavy (non-hydrogen) atoms. The lowest BCUT2D eigenvalue weighted by Gasteiger charge is -2.08. The minimum absolute atomic E-state index is 0.138. The maximum absolute atomic E-state index is 12.2. The zero-order valence-corrected chi connectivity index (χ0v) is 13.0. The van der Waals surface area contributed by atoms with Gasteiger partial charge in [0.1, 0.15) is 5.75 Å². The molecule has 104 valence electrons. The fourth-order valence-corrected chi connectivity index (χ4v) is 2.48. The number of amides is 1. The van der Waals surface area contributed by atoms with Crippen LogP contribution in [-0.4, -0.2) is 12.5 Å². The first-order valence-corrected chi connectivity index (χ1v) is 7.20. The number of anilines is 1. The topological polar surface area (TPSA) is 38.3 Å². The Labute approximate surface area is 127 Å². The third kappa shape index (κ3) is 3.61. The van der Waals surface area contributed by atoms with Gasteiger partial charge in [0.25, 0.3) is 5.91 Å². The van der Waals surface area contributed by atoms with E-state index in [1.165, 1.54) is 0 Å². The first-order chi connectivity index (χ1) is 9.60. The highest BCUT2D eigenvalue weighted by atomic mass is 79.9. The maximum atomic E-state index is 12.2. The second-order valence-corrected chi connectivity index (χ2v) is 5.25. The van der Waals surface area contributed by atoms with E-state index < -0.39 is 0 Å². The van der Waals surface area contributed by atoms with E-state index in [1.807, 2.05) is 56.3 Å². The Morgan fingerprint density at radius 1 is 1.20 bits per heavy atom. The summed E-state index contributed by atoms with van der Waals surface area (Å²) in [5.74, 6) is 0.656. The van der Waals surface area contributed by atoms with Crippen LogP contribution in [0, 0.1) is 6.92 Å². The smallest absolute Gasteiger partial charge is 0.256 e. The molecule has 0 heterocycles. The fourth-order valence-electron chi connectivity index (χ4n) is 1.80. The van der Waals surface area contributed by atoms with Crippen molar-refractivity contribution in [3.8, 4) is 5.75 Å². The number of ether oxygens (including phenoxy) is 1. The highest BCUT2D eigenvalue weighted by molar-refractivity contribution is 9.10. The maximum Gasteiger partial charge on any atom is 0.256 e. The Morgan fingerprint density at radius 2 is 1.90 bits per heavy atom.